The molecule has 0 spiro atoms. The standard InChI is InChI=1S/C19H18ClNO4/c20-14-9-13(3-5-15(14)22)19(23)21-18(11-1-2-11)12-4-6-16-17(10-12)25-8-7-24-16/h3-6,9-11,18,22H,1-2,7-8H2,(H,21,23). The van der Waals surface area contributed by atoms with Gasteiger partial charge in [-0.15, -0.1) is 0 Å². The van der Waals surface area contributed by atoms with Crippen molar-refractivity contribution in [2.24, 2.45) is 5.92 Å². The predicted octanol–water partition coefficient (Wildman–Crippen LogP) is 3.70. The monoisotopic (exact) mass is 359 g/mol. The Kier molecular flexibility index (Phi) is 4.17. The average Bonchev–Trinajstić information content (AvgIpc) is 3.46. The number of carbonyl (C=O) groups is 1. The Balaban J connectivity index is 1.57. The van der Waals surface area contributed by atoms with Gasteiger partial charge in [-0.1, -0.05) is 17.7 Å². The quantitative estimate of drug-likeness (QED) is 0.873. The van der Waals surface area contributed by atoms with Crippen molar-refractivity contribution >= 4 is 17.5 Å². The van der Waals surface area contributed by atoms with Crippen molar-refractivity contribution in [2.45, 2.75) is 18.9 Å². The van der Waals surface area contributed by atoms with Crippen LogP contribution >= 0.6 is 11.6 Å². The second-order valence-electron chi connectivity index (χ2n) is 6.36. The minimum atomic E-state index is -0.214. The van der Waals surface area contributed by atoms with Crippen LogP contribution in [-0.2, 0) is 0 Å². The zero-order valence-corrected chi connectivity index (χ0v) is 14.3. The average molecular weight is 360 g/mol. The van der Waals surface area contributed by atoms with Crippen molar-refractivity contribution in [3.8, 4) is 17.2 Å². The molecule has 1 amide bonds. The van der Waals surface area contributed by atoms with Gasteiger partial charge in [0.15, 0.2) is 11.5 Å². The van der Waals surface area contributed by atoms with E-state index >= 15 is 0 Å². The summed E-state index contributed by atoms with van der Waals surface area (Å²) in [6.45, 7) is 1.08. The molecule has 1 fully saturated rings. The molecule has 1 atom stereocenters. The van der Waals surface area contributed by atoms with Crippen LogP contribution < -0.4 is 14.8 Å². The van der Waals surface area contributed by atoms with Gasteiger partial charge in [0.2, 0.25) is 0 Å². The first-order valence-electron chi connectivity index (χ1n) is 8.31. The maximum atomic E-state index is 12.6. The topological polar surface area (TPSA) is 67.8 Å². The van der Waals surface area contributed by atoms with Crippen LogP contribution in [0.2, 0.25) is 5.02 Å². The molecule has 1 aliphatic heterocycles. The molecule has 4 rings (SSSR count). The number of hydrogen-bond acceptors (Lipinski definition) is 4. The molecular formula is C19H18ClNO4. The smallest absolute Gasteiger partial charge is 0.251 e. The van der Waals surface area contributed by atoms with Crippen LogP contribution in [0, 0.1) is 5.92 Å². The van der Waals surface area contributed by atoms with Crippen molar-refractivity contribution in [1.29, 1.82) is 0 Å². The molecule has 25 heavy (non-hydrogen) atoms. The van der Waals surface area contributed by atoms with Gasteiger partial charge in [0, 0.05) is 5.56 Å². The van der Waals surface area contributed by atoms with E-state index < -0.39 is 0 Å². The number of phenolic OH excluding ortho intramolecular Hbond substituents is 1. The summed E-state index contributed by atoms with van der Waals surface area (Å²) in [5.41, 5.74) is 1.43. The molecule has 0 aromatic heterocycles. The second-order valence-corrected chi connectivity index (χ2v) is 6.77. The fourth-order valence-corrected chi connectivity index (χ4v) is 3.21. The predicted molar refractivity (Wildman–Crippen MR) is 93.5 cm³/mol. The molecule has 1 saturated carbocycles. The number of halogens is 1. The van der Waals surface area contributed by atoms with E-state index in [0.717, 1.165) is 29.9 Å². The Morgan fingerprint density at radius 3 is 2.60 bits per heavy atom. The van der Waals surface area contributed by atoms with E-state index in [0.29, 0.717) is 24.7 Å². The van der Waals surface area contributed by atoms with Crippen LogP contribution in [0.15, 0.2) is 36.4 Å². The molecule has 2 aromatic rings. The third-order valence-electron chi connectivity index (χ3n) is 4.52. The van der Waals surface area contributed by atoms with Crippen molar-refractivity contribution in [3.05, 3.63) is 52.5 Å². The Morgan fingerprint density at radius 1 is 1.12 bits per heavy atom. The number of carbonyl (C=O) groups excluding carboxylic acids is 1. The molecule has 0 saturated heterocycles. The number of amides is 1. The minimum Gasteiger partial charge on any atom is -0.506 e. The van der Waals surface area contributed by atoms with Crippen molar-refractivity contribution < 1.29 is 19.4 Å². The number of benzene rings is 2. The van der Waals surface area contributed by atoms with Crippen molar-refractivity contribution in [2.75, 3.05) is 13.2 Å². The number of phenols is 1. The lowest BCUT2D eigenvalue weighted by atomic mass is 10.0. The first kappa shape index (κ1) is 16.1. The van der Waals surface area contributed by atoms with Crippen LogP contribution in [0.25, 0.3) is 0 Å². The minimum absolute atomic E-state index is 0.0382. The maximum absolute atomic E-state index is 12.6. The van der Waals surface area contributed by atoms with E-state index in [-0.39, 0.29) is 22.7 Å². The highest BCUT2D eigenvalue weighted by Crippen LogP contribution is 2.43. The van der Waals surface area contributed by atoms with Gasteiger partial charge in [-0.3, -0.25) is 4.79 Å². The molecule has 5 nitrogen and oxygen atoms in total. The van der Waals surface area contributed by atoms with Crippen LogP contribution in [0.4, 0.5) is 0 Å². The number of fused-ring (bicyclic) bond motifs is 1. The summed E-state index contributed by atoms with van der Waals surface area (Å²) in [6.07, 6.45) is 2.16. The summed E-state index contributed by atoms with van der Waals surface area (Å²) in [7, 11) is 0. The molecular weight excluding hydrogens is 342 g/mol. The summed E-state index contributed by atoms with van der Waals surface area (Å²) in [4.78, 5) is 12.6. The number of ether oxygens (including phenoxy) is 2. The van der Waals surface area contributed by atoms with Crippen LogP contribution in [0.3, 0.4) is 0 Å². The maximum Gasteiger partial charge on any atom is 0.251 e. The van der Waals surface area contributed by atoms with Gasteiger partial charge in [-0.25, -0.2) is 0 Å². The highest BCUT2D eigenvalue weighted by atomic mass is 35.5. The number of nitrogens with one attached hydrogen (secondary N) is 1. The first-order valence-corrected chi connectivity index (χ1v) is 8.68. The molecule has 2 aromatic carbocycles. The highest BCUT2D eigenvalue weighted by Gasteiger charge is 2.34. The number of rotatable bonds is 4. The molecule has 1 heterocycles. The van der Waals surface area contributed by atoms with E-state index in [9.17, 15) is 9.90 Å². The first-order chi connectivity index (χ1) is 12.1. The highest BCUT2D eigenvalue weighted by molar-refractivity contribution is 6.32. The zero-order chi connectivity index (χ0) is 17.4. The number of aromatic hydroxyl groups is 1. The summed E-state index contributed by atoms with van der Waals surface area (Å²) in [6, 6.07) is 10.2. The van der Waals surface area contributed by atoms with Crippen LogP contribution in [0.5, 0.6) is 17.2 Å². The molecule has 2 aliphatic rings. The van der Waals surface area contributed by atoms with Gasteiger partial charge >= 0.3 is 0 Å². The largest absolute Gasteiger partial charge is 0.506 e. The van der Waals surface area contributed by atoms with E-state index in [1.807, 2.05) is 18.2 Å². The van der Waals surface area contributed by atoms with E-state index in [1.165, 1.54) is 12.1 Å². The van der Waals surface area contributed by atoms with Gasteiger partial charge in [0.25, 0.3) is 5.91 Å². The van der Waals surface area contributed by atoms with Crippen LogP contribution in [0.1, 0.15) is 34.8 Å². The van der Waals surface area contributed by atoms with Gasteiger partial charge < -0.3 is 19.9 Å². The molecule has 0 radical (unpaired) electrons. The van der Waals surface area contributed by atoms with Crippen LogP contribution in [-0.4, -0.2) is 24.2 Å². The fraction of sp³-hybridized carbons (Fsp3) is 0.316. The van der Waals surface area contributed by atoms with Gasteiger partial charge in [-0.05, 0) is 54.7 Å². The Bertz CT molecular complexity index is 819. The van der Waals surface area contributed by atoms with Gasteiger partial charge in [0.1, 0.15) is 19.0 Å². The normalized spacial score (nSPS) is 17.0. The Morgan fingerprint density at radius 2 is 1.88 bits per heavy atom. The van der Waals surface area contributed by atoms with Crippen molar-refractivity contribution in [1.82, 2.24) is 5.32 Å². The Hall–Kier alpha value is -2.40. The van der Waals surface area contributed by atoms with Gasteiger partial charge in [-0.2, -0.15) is 0 Å². The third-order valence-corrected chi connectivity index (χ3v) is 4.82. The molecule has 2 N–H and O–H groups in total. The summed E-state index contributed by atoms with van der Waals surface area (Å²) in [5.74, 6) is 1.62. The summed E-state index contributed by atoms with van der Waals surface area (Å²) in [5, 5.41) is 12.8. The lowest BCUT2D eigenvalue weighted by molar-refractivity contribution is 0.0931. The molecule has 1 aliphatic carbocycles. The van der Waals surface area contributed by atoms with Gasteiger partial charge in [0.05, 0.1) is 11.1 Å². The van der Waals surface area contributed by atoms with E-state index in [2.05, 4.69) is 5.32 Å². The van der Waals surface area contributed by atoms with E-state index in [4.69, 9.17) is 21.1 Å². The van der Waals surface area contributed by atoms with Crippen molar-refractivity contribution in [3.63, 3.8) is 0 Å². The molecule has 1 unspecified atom stereocenters. The van der Waals surface area contributed by atoms with E-state index in [1.54, 1.807) is 6.07 Å². The number of hydrogen-bond donors (Lipinski definition) is 2. The lowest BCUT2D eigenvalue weighted by Crippen LogP contribution is -2.30. The molecule has 0 bridgehead atoms. The summed E-state index contributed by atoms with van der Waals surface area (Å²) < 4.78 is 11.2. The fourth-order valence-electron chi connectivity index (χ4n) is 3.03. The SMILES string of the molecule is O=C(NC(c1ccc2c(c1)OCCO2)C1CC1)c1ccc(O)c(Cl)c1. The lowest BCUT2D eigenvalue weighted by Gasteiger charge is -2.23. The second kappa shape index (κ2) is 6.48. The zero-order valence-electron chi connectivity index (χ0n) is 13.5. The Labute approximate surface area is 150 Å². The summed E-state index contributed by atoms with van der Waals surface area (Å²) >= 11 is 5.91. The third kappa shape index (κ3) is 3.37. The molecule has 6 heteroatoms. The molecule has 130 valence electrons.